The molecular weight excluding hydrogens is 340 g/mol. The molecule has 0 saturated carbocycles. The predicted octanol–water partition coefficient (Wildman–Crippen LogP) is 4.27. The Morgan fingerprint density at radius 3 is 2.44 bits per heavy atom. The zero-order chi connectivity index (χ0) is 20.0. The van der Waals surface area contributed by atoms with Gasteiger partial charge >= 0.3 is 0 Å². The summed E-state index contributed by atoms with van der Waals surface area (Å²) in [5.74, 6) is 0.667. The molecule has 5 nitrogen and oxygen atoms in total. The van der Waals surface area contributed by atoms with Crippen molar-refractivity contribution in [1.82, 2.24) is 5.32 Å². The lowest BCUT2D eigenvalue weighted by Crippen LogP contribution is -2.30. The van der Waals surface area contributed by atoms with Crippen molar-refractivity contribution in [3.05, 3.63) is 59.2 Å². The largest absolute Gasteiger partial charge is 0.481 e. The van der Waals surface area contributed by atoms with E-state index >= 15 is 0 Å². The van der Waals surface area contributed by atoms with Crippen LogP contribution in [-0.2, 0) is 4.79 Å². The van der Waals surface area contributed by atoms with Gasteiger partial charge in [0.2, 0.25) is 0 Å². The third-order valence-corrected chi connectivity index (χ3v) is 4.27. The number of aryl methyl sites for hydroxylation is 1. The third kappa shape index (κ3) is 5.58. The molecule has 2 amide bonds. The van der Waals surface area contributed by atoms with Gasteiger partial charge in [-0.25, -0.2) is 0 Å². The van der Waals surface area contributed by atoms with Gasteiger partial charge in [0.25, 0.3) is 11.8 Å². The van der Waals surface area contributed by atoms with E-state index in [2.05, 4.69) is 24.5 Å². The first-order chi connectivity index (χ1) is 12.8. The Balaban J connectivity index is 2.03. The number of benzene rings is 2. The lowest BCUT2D eigenvalue weighted by atomic mass is 9.98. The first-order valence-electron chi connectivity index (χ1n) is 9.28. The van der Waals surface area contributed by atoms with Gasteiger partial charge in [0, 0.05) is 17.8 Å². The number of rotatable bonds is 7. The van der Waals surface area contributed by atoms with Crippen LogP contribution in [0, 0.1) is 6.92 Å². The highest BCUT2D eigenvalue weighted by Gasteiger charge is 2.16. The molecular formula is C22H28N2O3. The molecule has 0 radical (unpaired) electrons. The highest BCUT2D eigenvalue weighted by molar-refractivity contribution is 5.98. The Bertz CT molecular complexity index is 815. The van der Waals surface area contributed by atoms with Crippen molar-refractivity contribution in [2.45, 2.75) is 46.6 Å². The second-order valence-electron chi connectivity index (χ2n) is 6.86. The minimum absolute atomic E-state index is 0.168. The SMILES string of the molecule is CCNC(=O)c1cccc(NC(=O)C(C)Oc2ccc(C(C)C)c(C)c2)c1. The summed E-state index contributed by atoms with van der Waals surface area (Å²) < 4.78 is 5.79. The van der Waals surface area contributed by atoms with E-state index in [1.54, 1.807) is 31.2 Å². The number of nitrogens with one attached hydrogen (secondary N) is 2. The van der Waals surface area contributed by atoms with Crippen LogP contribution in [0.2, 0.25) is 0 Å². The van der Waals surface area contributed by atoms with Gasteiger partial charge in [0.1, 0.15) is 5.75 Å². The number of hydrogen-bond donors (Lipinski definition) is 2. The van der Waals surface area contributed by atoms with E-state index in [1.807, 2.05) is 32.0 Å². The molecule has 144 valence electrons. The number of ether oxygens (including phenoxy) is 1. The topological polar surface area (TPSA) is 67.4 Å². The fourth-order valence-electron chi connectivity index (χ4n) is 2.87. The van der Waals surface area contributed by atoms with E-state index in [-0.39, 0.29) is 11.8 Å². The lowest BCUT2D eigenvalue weighted by molar-refractivity contribution is -0.122. The second-order valence-corrected chi connectivity index (χ2v) is 6.86. The smallest absolute Gasteiger partial charge is 0.265 e. The van der Waals surface area contributed by atoms with Gasteiger partial charge in [0.05, 0.1) is 0 Å². The summed E-state index contributed by atoms with van der Waals surface area (Å²) in [4.78, 5) is 24.4. The maximum Gasteiger partial charge on any atom is 0.265 e. The summed E-state index contributed by atoms with van der Waals surface area (Å²) in [6.45, 7) is 10.4. The highest BCUT2D eigenvalue weighted by atomic mass is 16.5. The second kappa shape index (κ2) is 9.21. The van der Waals surface area contributed by atoms with Crippen LogP contribution in [0.3, 0.4) is 0 Å². The van der Waals surface area contributed by atoms with Crippen LogP contribution < -0.4 is 15.4 Å². The summed E-state index contributed by atoms with van der Waals surface area (Å²) in [5.41, 5.74) is 3.47. The first kappa shape index (κ1) is 20.5. The van der Waals surface area contributed by atoms with Crippen LogP contribution in [0.5, 0.6) is 5.75 Å². The Kier molecular flexibility index (Phi) is 6.99. The third-order valence-electron chi connectivity index (χ3n) is 4.27. The van der Waals surface area contributed by atoms with Crippen molar-refractivity contribution < 1.29 is 14.3 Å². The van der Waals surface area contributed by atoms with Gasteiger partial charge in [-0.1, -0.05) is 26.0 Å². The van der Waals surface area contributed by atoms with Crippen LogP contribution >= 0.6 is 0 Å². The van der Waals surface area contributed by atoms with Crippen molar-refractivity contribution in [2.24, 2.45) is 0 Å². The van der Waals surface area contributed by atoms with Crippen LogP contribution in [-0.4, -0.2) is 24.5 Å². The Hall–Kier alpha value is -2.82. The summed E-state index contributed by atoms with van der Waals surface area (Å²) in [6.07, 6.45) is -0.664. The predicted molar refractivity (Wildman–Crippen MR) is 108 cm³/mol. The summed E-state index contributed by atoms with van der Waals surface area (Å²) in [6, 6.07) is 12.7. The molecule has 2 rings (SSSR count). The number of amides is 2. The molecule has 0 spiro atoms. The van der Waals surface area contributed by atoms with Crippen molar-refractivity contribution >= 4 is 17.5 Å². The molecule has 0 saturated heterocycles. The number of anilines is 1. The molecule has 0 aliphatic carbocycles. The molecule has 0 aliphatic rings. The minimum Gasteiger partial charge on any atom is -0.481 e. The van der Waals surface area contributed by atoms with Gasteiger partial charge in [-0.2, -0.15) is 0 Å². The average Bonchev–Trinajstić information content (AvgIpc) is 2.61. The van der Waals surface area contributed by atoms with Crippen LogP contribution in [0.25, 0.3) is 0 Å². The van der Waals surface area contributed by atoms with Gasteiger partial charge in [-0.15, -0.1) is 0 Å². The van der Waals surface area contributed by atoms with E-state index in [0.29, 0.717) is 29.5 Å². The Morgan fingerprint density at radius 2 is 1.81 bits per heavy atom. The van der Waals surface area contributed by atoms with E-state index in [4.69, 9.17) is 4.74 Å². The van der Waals surface area contributed by atoms with Crippen molar-refractivity contribution in [3.63, 3.8) is 0 Å². The van der Waals surface area contributed by atoms with Crippen molar-refractivity contribution in [2.75, 3.05) is 11.9 Å². The van der Waals surface area contributed by atoms with Gasteiger partial charge in [-0.05, 0) is 68.1 Å². The van der Waals surface area contributed by atoms with Crippen molar-refractivity contribution in [3.8, 4) is 5.75 Å². The van der Waals surface area contributed by atoms with E-state index in [1.165, 1.54) is 5.56 Å². The summed E-state index contributed by atoms with van der Waals surface area (Å²) in [5, 5.41) is 5.54. The maximum absolute atomic E-state index is 12.4. The zero-order valence-electron chi connectivity index (χ0n) is 16.6. The monoisotopic (exact) mass is 368 g/mol. The molecule has 1 atom stereocenters. The van der Waals surface area contributed by atoms with E-state index in [0.717, 1.165) is 5.56 Å². The normalized spacial score (nSPS) is 11.8. The Morgan fingerprint density at radius 1 is 1.07 bits per heavy atom. The number of hydrogen-bond acceptors (Lipinski definition) is 3. The standard InChI is InChI=1S/C22H28N2O3/c1-6-23-22(26)17-8-7-9-18(13-17)24-21(25)16(5)27-19-10-11-20(14(2)3)15(4)12-19/h7-14,16H,6H2,1-5H3,(H,23,26)(H,24,25). The van der Waals surface area contributed by atoms with Crippen LogP contribution in [0.4, 0.5) is 5.69 Å². The quantitative estimate of drug-likeness (QED) is 0.767. The zero-order valence-corrected chi connectivity index (χ0v) is 16.6. The molecule has 2 N–H and O–H groups in total. The molecule has 0 heterocycles. The molecule has 0 bridgehead atoms. The highest BCUT2D eigenvalue weighted by Crippen LogP contribution is 2.24. The first-order valence-corrected chi connectivity index (χ1v) is 9.28. The van der Waals surface area contributed by atoms with Gasteiger partial charge in [-0.3, -0.25) is 9.59 Å². The fourth-order valence-corrected chi connectivity index (χ4v) is 2.87. The molecule has 1 unspecified atom stereocenters. The lowest BCUT2D eigenvalue weighted by Gasteiger charge is -2.17. The van der Waals surface area contributed by atoms with Crippen LogP contribution in [0.15, 0.2) is 42.5 Å². The molecule has 2 aromatic rings. The van der Waals surface area contributed by atoms with Crippen LogP contribution in [0.1, 0.15) is 55.1 Å². The molecule has 5 heteroatoms. The molecule has 0 aliphatic heterocycles. The molecule has 2 aromatic carbocycles. The maximum atomic E-state index is 12.4. The summed E-state index contributed by atoms with van der Waals surface area (Å²) >= 11 is 0. The molecule has 0 aromatic heterocycles. The molecule has 0 fully saturated rings. The van der Waals surface area contributed by atoms with Gasteiger partial charge < -0.3 is 15.4 Å². The minimum atomic E-state index is -0.664. The summed E-state index contributed by atoms with van der Waals surface area (Å²) in [7, 11) is 0. The molecule has 27 heavy (non-hydrogen) atoms. The Labute approximate surface area is 161 Å². The van der Waals surface area contributed by atoms with Gasteiger partial charge in [0.15, 0.2) is 6.10 Å². The number of carbonyl (C=O) groups is 2. The van der Waals surface area contributed by atoms with Crippen molar-refractivity contribution in [1.29, 1.82) is 0 Å². The van der Waals surface area contributed by atoms with E-state index in [9.17, 15) is 9.59 Å². The van der Waals surface area contributed by atoms with E-state index < -0.39 is 6.10 Å². The number of carbonyl (C=O) groups excluding carboxylic acids is 2. The average molecular weight is 368 g/mol. The fraction of sp³-hybridized carbons (Fsp3) is 0.364.